The lowest BCUT2D eigenvalue weighted by atomic mass is 10.1. The average Bonchev–Trinajstić information content (AvgIpc) is 3.29. The summed E-state index contributed by atoms with van der Waals surface area (Å²) in [6.07, 6.45) is 7.15. The molecule has 1 aliphatic rings. The van der Waals surface area contributed by atoms with Crippen LogP contribution in [0.2, 0.25) is 0 Å². The van der Waals surface area contributed by atoms with Crippen LogP contribution in [0.5, 0.6) is 0 Å². The molecule has 3 aromatic heterocycles. The van der Waals surface area contributed by atoms with E-state index in [0.717, 1.165) is 35.4 Å². The van der Waals surface area contributed by atoms with Crippen molar-refractivity contribution >= 4 is 5.91 Å². The first-order chi connectivity index (χ1) is 14.7. The predicted octanol–water partition coefficient (Wildman–Crippen LogP) is 3.43. The van der Waals surface area contributed by atoms with Crippen LogP contribution in [0, 0.1) is 6.92 Å². The maximum atomic E-state index is 12.4. The van der Waals surface area contributed by atoms with Crippen LogP contribution in [0.4, 0.5) is 0 Å². The second-order valence-corrected chi connectivity index (χ2v) is 7.47. The Bertz CT molecular complexity index is 1190. The van der Waals surface area contributed by atoms with Crippen molar-refractivity contribution in [2.75, 3.05) is 0 Å². The van der Waals surface area contributed by atoms with Gasteiger partial charge >= 0.3 is 0 Å². The van der Waals surface area contributed by atoms with Gasteiger partial charge in [0.05, 0.1) is 5.56 Å². The third-order valence-corrected chi connectivity index (χ3v) is 4.99. The molecule has 8 heteroatoms. The molecule has 1 N–H and O–H groups in total. The molecule has 1 aliphatic carbocycles. The largest absolute Gasteiger partial charge is 0.347 e. The van der Waals surface area contributed by atoms with Gasteiger partial charge < -0.3 is 9.84 Å². The Hall–Kier alpha value is -3.81. The third-order valence-electron chi connectivity index (χ3n) is 4.99. The molecule has 1 amide bonds. The number of amides is 1. The van der Waals surface area contributed by atoms with Crippen molar-refractivity contribution in [1.29, 1.82) is 0 Å². The SMILES string of the molecule is Cc1cccc(CNC(=O)c2cn(-c3ccc(-c4nc(C5CC5)no4)cn3)cn2)c1. The second-order valence-electron chi connectivity index (χ2n) is 7.47. The zero-order valence-electron chi connectivity index (χ0n) is 16.4. The Morgan fingerprint density at radius 2 is 2.13 bits per heavy atom. The molecule has 30 heavy (non-hydrogen) atoms. The standard InChI is InChI=1S/C22H20N6O2/c1-14-3-2-4-15(9-14)10-24-21(29)18-12-28(13-25-18)19-8-7-17(11-23-19)22-26-20(27-30-22)16-5-6-16/h2-4,7-9,11-13,16H,5-6,10H2,1H3,(H,24,29). The molecule has 1 fully saturated rings. The fourth-order valence-electron chi connectivity index (χ4n) is 3.19. The smallest absolute Gasteiger partial charge is 0.271 e. The number of rotatable bonds is 6. The lowest BCUT2D eigenvalue weighted by Gasteiger charge is -2.04. The van der Waals surface area contributed by atoms with Crippen LogP contribution < -0.4 is 5.32 Å². The molecule has 0 aliphatic heterocycles. The molecule has 0 unspecified atom stereocenters. The number of nitrogens with one attached hydrogen (secondary N) is 1. The van der Waals surface area contributed by atoms with E-state index in [1.54, 1.807) is 23.3 Å². The van der Waals surface area contributed by atoms with Crippen molar-refractivity contribution in [3.63, 3.8) is 0 Å². The van der Waals surface area contributed by atoms with Crippen molar-refractivity contribution in [1.82, 2.24) is 30.0 Å². The van der Waals surface area contributed by atoms with Crippen molar-refractivity contribution in [2.24, 2.45) is 0 Å². The Labute approximate surface area is 173 Å². The summed E-state index contributed by atoms with van der Waals surface area (Å²) in [5, 5.41) is 6.92. The highest BCUT2D eigenvalue weighted by atomic mass is 16.5. The van der Waals surface area contributed by atoms with Crippen LogP contribution >= 0.6 is 0 Å². The van der Waals surface area contributed by atoms with E-state index >= 15 is 0 Å². The van der Waals surface area contributed by atoms with Gasteiger partial charge in [-0.1, -0.05) is 35.0 Å². The summed E-state index contributed by atoms with van der Waals surface area (Å²) in [5.41, 5.74) is 3.30. The molecule has 8 nitrogen and oxygen atoms in total. The molecular formula is C22H20N6O2. The van der Waals surface area contributed by atoms with Gasteiger partial charge in [-0.2, -0.15) is 4.98 Å². The van der Waals surface area contributed by atoms with Crippen molar-refractivity contribution in [3.05, 3.63) is 77.8 Å². The number of hydrogen-bond donors (Lipinski definition) is 1. The molecule has 0 bridgehead atoms. The van der Waals surface area contributed by atoms with Crippen LogP contribution in [-0.4, -0.2) is 30.6 Å². The van der Waals surface area contributed by atoms with E-state index in [4.69, 9.17) is 4.52 Å². The van der Waals surface area contributed by atoms with Gasteiger partial charge in [-0.05, 0) is 37.5 Å². The molecule has 5 rings (SSSR count). The van der Waals surface area contributed by atoms with Crippen LogP contribution in [0.1, 0.15) is 46.2 Å². The number of aryl methyl sites for hydroxylation is 1. The number of imidazole rings is 1. The van der Waals surface area contributed by atoms with Crippen LogP contribution in [0.3, 0.4) is 0 Å². The van der Waals surface area contributed by atoms with E-state index in [1.807, 2.05) is 43.3 Å². The highest BCUT2D eigenvalue weighted by Crippen LogP contribution is 2.38. The first-order valence-corrected chi connectivity index (χ1v) is 9.84. The summed E-state index contributed by atoms with van der Waals surface area (Å²) in [5.74, 6) is 2.09. The molecule has 3 heterocycles. The molecule has 4 aromatic rings. The van der Waals surface area contributed by atoms with Gasteiger partial charge in [0.1, 0.15) is 17.8 Å². The van der Waals surface area contributed by atoms with Crippen LogP contribution in [0.15, 0.2) is 59.6 Å². The lowest BCUT2D eigenvalue weighted by molar-refractivity contribution is 0.0946. The zero-order chi connectivity index (χ0) is 20.5. The first kappa shape index (κ1) is 18.2. The minimum atomic E-state index is -0.231. The van der Waals surface area contributed by atoms with Gasteiger partial charge in [0.15, 0.2) is 5.82 Å². The van der Waals surface area contributed by atoms with Gasteiger partial charge in [-0.25, -0.2) is 9.97 Å². The van der Waals surface area contributed by atoms with Crippen molar-refractivity contribution in [2.45, 2.75) is 32.2 Å². The number of hydrogen-bond acceptors (Lipinski definition) is 6. The Balaban J connectivity index is 1.25. The summed E-state index contributed by atoms with van der Waals surface area (Å²) in [6.45, 7) is 2.48. The van der Waals surface area contributed by atoms with Crippen LogP contribution in [-0.2, 0) is 6.54 Å². The number of carbonyl (C=O) groups is 1. The Kier molecular flexibility index (Phi) is 4.59. The van der Waals surface area contributed by atoms with E-state index in [9.17, 15) is 4.79 Å². The average molecular weight is 400 g/mol. The Morgan fingerprint density at radius 3 is 2.90 bits per heavy atom. The highest BCUT2D eigenvalue weighted by molar-refractivity contribution is 5.92. The molecule has 0 spiro atoms. The molecule has 0 atom stereocenters. The molecule has 1 saturated carbocycles. The topological polar surface area (TPSA) is 98.7 Å². The van der Waals surface area contributed by atoms with Gasteiger partial charge in [-0.15, -0.1) is 0 Å². The number of benzene rings is 1. The van der Waals surface area contributed by atoms with E-state index < -0.39 is 0 Å². The van der Waals surface area contributed by atoms with Gasteiger partial charge in [0.25, 0.3) is 11.8 Å². The minimum Gasteiger partial charge on any atom is -0.347 e. The predicted molar refractivity (Wildman–Crippen MR) is 109 cm³/mol. The minimum absolute atomic E-state index is 0.231. The normalized spacial score (nSPS) is 13.4. The van der Waals surface area contributed by atoms with Gasteiger partial charge in [0.2, 0.25) is 0 Å². The fraction of sp³-hybridized carbons (Fsp3) is 0.227. The monoisotopic (exact) mass is 400 g/mol. The van der Waals surface area contributed by atoms with E-state index in [-0.39, 0.29) is 5.91 Å². The third kappa shape index (κ3) is 3.84. The fourth-order valence-corrected chi connectivity index (χ4v) is 3.19. The number of aromatic nitrogens is 5. The summed E-state index contributed by atoms with van der Waals surface area (Å²) in [4.78, 5) is 25.5. The molecule has 1 aromatic carbocycles. The van der Waals surface area contributed by atoms with E-state index in [1.165, 1.54) is 0 Å². The van der Waals surface area contributed by atoms with E-state index in [0.29, 0.717) is 29.9 Å². The number of carbonyl (C=O) groups excluding carboxylic acids is 1. The summed E-state index contributed by atoms with van der Waals surface area (Å²) >= 11 is 0. The molecular weight excluding hydrogens is 380 g/mol. The van der Waals surface area contributed by atoms with Crippen LogP contribution in [0.25, 0.3) is 17.3 Å². The number of nitrogens with zero attached hydrogens (tertiary/aromatic N) is 5. The lowest BCUT2D eigenvalue weighted by Crippen LogP contribution is -2.23. The summed E-state index contributed by atoms with van der Waals surface area (Å²) in [6, 6.07) is 11.7. The Morgan fingerprint density at radius 1 is 1.23 bits per heavy atom. The molecule has 0 saturated heterocycles. The quantitative estimate of drug-likeness (QED) is 0.532. The summed E-state index contributed by atoms with van der Waals surface area (Å²) in [7, 11) is 0. The maximum absolute atomic E-state index is 12.4. The highest BCUT2D eigenvalue weighted by Gasteiger charge is 2.29. The van der Waals surface area contributed by atoms with E-state index in [2.05, 4.69) is 25.4 Å². The van der Waals surface area contributed by atoms with Gasteiger partial charge in [-0.3, -0.25) is 9.36 Å². The first-order valence-electron chi connectivity index (χ1n) is 9.84. The van der Waals surface area contributed by atoms with Gasteiger partial charge in [0, 0.05) is 24.9 Å². The maximum Gasteiger partial charge on any atom is 0.271 e. The zero-order valence-corrected chi connectivity index (χ0v) is 16.4. The second kappa shape index (κ2) is 7.55. The van der Waals surface area contributed by atoms with Crippen molar-refractivity contribution in [3.8, 4) is 17.3 Å². The van der Waals surface area contributed by atoms with Crippen molar-refractivity contribution < 1.29 is 9.32 Å². The number of pyridine rings is 1. The molecule has 150 valence electrons. The molecule has 0 radical (unpaired) electrons. The summed E-state index contributed by atoms with van der Waals surface area (Å²) < 4.78 is 7.03.